The van der Waals surface area contributed by atoms with Crippen molar-refractivity contribution in [2.24, 2.45) is 0 Å². The second kappa shape index (κ2) is 6.41. The molecule has 0 saturated carbocycles. The van der Waals surface area contributed by atoms with Crippen molar-refractivity contribution >= 4 is 26.7 Å². The zero-order valence-electron chi connectivity index (χ0n) is 10.8. The minimum Gasteiger partial charge on any atom is -0.375 e. The molecule has 0 aliphatic heterocycles. The van der Waals surface area contributed by atoms with Gasteiger partial charge in [0.1, 0.15) is 0 Å². The zero-order valence-corrected chi connectivity index (χ0v) is 11.7. The topological polar surface area (TPSA) is 50.9 Å². The van der Waals surface area contributed by atoms with E-state index in [0.29, 0.717) is 24.6 Å². The molecular formula is C13H16F3N3S. The van der Waals surface area contributed by atoms with Gasteiger partial charge in [0.15, 0.2) is 5.13 Å². The maximum atomic E-state index is 11.9. The third-order valence-electron chi connectivity index (χ3n) is 2.86. The lowest BCUT2D eigenvalue weighted by atomic mass is 10.2. The predicted molar refractivity (Wildman–Crippen MR) is 75.6 cm³/mol. The van der Waals surface area contributed by atoms with Crippen molar-refractivity contribution in [2.75, 3.05) is 12.3 Å². The summed E-state index contributed by atoms with van der Waals surface area (Å²) in [6.45, 7) is 1.22. The summed E-state index contributed by atoms with van der Waals surface area (Å²) in [5.41, 5.74) is 7.59. The molecule has 0 radical (unpaired) electrons. The van der Waals surface area contributed by atoms with Crippen LogP contribution >= 0.6 is 11.3 Å². The Balaban J connectivity index is 1.73. The Morgan fingerprint density at radius 2 is 2.05 bits per heavy atom. The van der Waals surface area contributed by atoms with E-state index in [-0.39, 0.29) is 6.42 Å². The number of benzene rings is 1. The minimum absolute atomic E-state index is 0.168. The zero-order chi connectivity index (χ0) is 14.6. The van der Waals surface area contributed by atoms with Gasteiger partial charge in [0, 0.05) is 13.0 Å². The molecule has 7 heteroatoms. The number of hydrogen-bond acceptors (Lipinski definition) is 4. The van der Waals surface area contributed by atoms with Crippen molar-refractivity contribution in [3.05, 3.63) is 23.8 Å². The van der Waals surface area contributed by atoms with Gasteiger partial charge >= 0.3 is 6.18 Å². The van der Waals surface area contributed by atoms with E-state index in [4.69, 9.17) is 5.73 Å². The molecule has 0 bridgehead atoms. The van der Waals surface area contributed by atoms with Crippen LogP contribution in [-0.2, 0) is 6.54 Å². The number of nitrogens with one attached hydrogen (secondary N) is 1. The van der Waals surface area contributed by atoms with Crippen molar-refractivity contribution in [2.45, 2.75) is 32.0 Å². The molecule has 0 saturated heterocycles. The fourth-order valence-electron chi connectivity index (χ4n) is 1.90. The van der Waals surface area contributed by atoms with Crippen LogP contribution in [0.15, 0.2) is 18.2 Å². The molecule has 1 aromatic heterocycles. The highest BCUT2D eigenvalue weighted by molar-refractivity contribution is 7.22. The number of nitrogens with two attached hydrogens (primary N) is 1. The van der Waals surface area contributed by atoms with Crippen molar-refractivity contribution in [3.63, 3.8) is 0 Å². The number of unbranched alkanes of at least 4 members (excludes halogenated alkanes) is 1. The molecule has 0 aliphatic rings. The summed E-state index contributed by atoms with van der Waals surface area (Å²) in [5, 5.41) is 3.68. The van der Waals surface area contributed by atoms with Gasteiger partial charge in [0.25, 0.3) is 0 Å². The second-order valence-corrected chi connectivity index (χ2v) is 5.67. The van der Waals surface area contributed by atoms with E-state index < -0.39 is 12.6 Å². The Bertz CT molecular complexity index is 565. The fraction of sp³-hybridized carbons (Fsp3) is 0.462. The number of alkyl halides is 3. The lowest BCUT2D eigenvalue weighted by Gasteiger charge is -2.07. The van der Waals surface area contributed by atoms with Gasteiger partial charge in [-0.1, -0.05) is 17.4 Å². The van der Waals surface area contributed by atoms with Gasteiger partial charge in [-0.25, -0.2) is 4.98 Å². The second-order valence-electron chi connectivity index (χ2n) is 4.60. The molecule has 1 heterocycles. The van der Waals surface area contributed by atoms with Crippen molar-refractivity contribution in [1.29, 1.82) is 0 Å². The molecule has 1 aromatic carbocycles. The van der Waals surface area contributed by atoms with Gasteiger partial charge in [0.2, 0.25) is 0 Å². The van der Waals surface area contributed by atoms with Crippen LogP contribution in [0.1, 0.15) is 24.8 Å². The van der Waals surface area contributed by atoms with Gasteiger partial charge in [-0.05, 0) is 37.1 Å². The predicted octanol–water partition coefficient (Wildman–Crippen LogP) is 3.70. The van der Waals surface area contributed by atoms with E-state index in [2.05, 4.69) is 10.3 Å². The number of hydrogen-bond donors (Lipinski definition) is 2. The first-order valence-electron chi connectivity index (χ1n) is 6.36. The fourth-order valence-corrected chi connectivity index (χ4v) is 2.70. The number of nitrogen functional groups attached to an aromatic ring is 1. The van der Waals surface area contributed by atoms with Gasteiger partial charge in [-0.3, -0.25) is 0 Å². The summed E-state index contributed by atoms with van der Waals surface area (Å²) in [6, 6.07) is 5.86. The average Bonchev–Trinajstić information content (AvgIpc) is 2.71. The first kappa shape index (κ1) is 15.1. The Morgan fingerprint density at radius 1 is 1.25 bits per heavy atom. The van der Waals surface area contributed by atoms with Crippen LogP contribution in [0.2, 0.25) is 0 Å². The summed E-state index contributed by atoms with van der Waals surface area (Å²) in [4.78, 5) is 4.17. The molecule has 3 nitrogen and oxygen atoms in total. The maximum absolute atomic E-state index is 11.9. The number of aromatic nitrogens is 1. The van der Waals surface area contributed by atoms with Crippen LogP contribution in [0.5, 0.6) is 0 Å². The number of thiazole rings is 1. The van der Waals surface area contributed by atoms with Gasteiger partial charge in [0.05, 0.1) is 10.2 Å². The largest absolute Gasteiger partial charge is 0.389 e. The third kappa shape index (κ3) is 4.64. The highest BCUT2D eigenvalue weighted by Gasteiger charge is 2.25. The summed E-state index contributed by atoms with van der Waals surface area (Å²) < 4.78 is 36.9. The Labute approximate surface area is 119 Å². The molecule has 0 unspecified atom stereocenters. The van der Waals surface area contributed by atoms with Gasteiger partial charge in [-0.2, -0.15) is 13.2 Å². The molecule has 0 spiro atoms. The van der Waals surface area contributed by atoms with Gasteiger partial charge in [-0.15, -0.1) is 0 Å². The number of nitrogens with zero attached hydrogens (tertiary/aromatic N) is 1. The first-order valence-corrected chi connectivity index (χ1v) is 7.18. The van der Waals surface area contributed by atoms with Crippen LogP contribution in [0.4, 0.5) is 18.3 Å². The lowest BCUT2D eigenvalue weighted by Crippen LogP contribution is -2.15. The SMILES string of the molecule is Nc1nc2ccc(CNCCCCC(F)(F)F)cc2s1. The van der Waals surface area contributed by atoms with Crippen molar-refractivity contribution in [1.82, 2.24) is 10.3 Å². The van der Waals surface area contributed by atoms with Crippen LogP contribution in [-0.4, -0.2) is 17.7 Å². The van der Waals surface area contributed by atoms with E-state index in [1.54, 1.807) is 0 Å². The summed E-state index contributed by atoms with van der Waals surface area (Å²) >= 11 is 1.43. The molecule has 0 atom stereocenters. The molecule has 2 aromatic rings. The number of halogens is 3. The lowest BCUT2D eigenvalue weighted by molar-refractivity contribution is -0.135. The van der Waals surface area contributed by atoms with E-state index in [1.165, 1.54) is 11.3 Å². The quantitative estimate of drug-likeness (QED) is 0.800. The van der Waals surface area contributed by atoms with Crippen LogP contribution < -0.4 is 11.1 Å². The summed E-state index contributed by atoms with van der Waals surface area (Å²) in [5.74, 6) is 0. The van der Waals surface area contributed by atoms with E-state index in [1.807, 2.05) is 18.2 Å². The minimum atomic E-state index is -4.04. The average molecular weight is 303 g/mol. The highest BCUT2D eigenvalue weighted by atomic mass is 32.1. The van der Waals surface area contributed by atoms with E-state index in [9.17, 15) is 13.2 Å². The third-order valence-corrected chi connectivity index (χ3v) is 3.71. The molecule has 110 valence electrons. The van der Waals surface area contributed by atoms with Crippen molar-refractivity contribution in [3.8, 4) is 0 Å². The first-order chi connectivity index (χ1) is 9.44. The Hall–Kier alpha value is -1.34. The molecule has 0 aliphatic carbocycles. The highest BCUT2D eigenvalue weighted by Crippen LogP contribution is 2.24. The number of anilines is 1. The van der Waals surface area contributed by atoms with Crippen LogP contribution in [0.3, 0.4) is 0 Å². The van der Waals surface area contributed by atoms with Crippen LogP contribution in [0, 0.1) is 0 Å². The Morgan fingerprint density at radius 3 is 2.80 bits per heavy atom. The Kier molecular flexibility index (Phi) is 4.82. The maximum Gasteiger partial charge on any atom is 0.389 e. The van der Waals surface area contributed by atoms with Crippen LogP contribution in [0.25, 0.3) is 10.2 Å². The summed E-state index contributed by atoms with van der Waals surface area (Å²) in [6.07, 6.45) is -4.06. The molecule has 0 amide bonds. The van der Waals surface area contributed by atoms with E-state index in [0.717, 1.165) is 15.8 Å². The molecule has 3 N–H and O–H groups in total. The molecular weight excluding hydrogens is 287 g/mol. The van der Waals surface area contributed by atoms with Gasteiger partial charge < -0.3 is 11.1 Å². The van der Waals surface area contributed by atoms with Crippen molar-refractivity contribution < 1.29 is 13.2 Å². The smallest absolute Gasteiger partial charge is 0.375 e. The monoisotopic (exact) mass is 303 g/mol. The molecule has 0 fully saturated rings. The number of fused-ring (bicyclic) bond motifs is 1. The standard InChI is InChI=1S/C13H16F3N3S/c14-13(15,16)5-1-2-6-18-8-9-3-4-10-11(7-9)20-12(17)19-10/h3-4,7,18H,1-2,5-6,8H2,(H2,17,19). The molecule has 2 rings (SSSR count). The van der Waals surface area contributed by atoms with E-state index >= 15 is 0 Å². The number of rotatable bonds is 6. The normalized spacial score (nSPS) is 12.2. The summed E-state index contributed by atoms with van der Waals surface area (Å²) in [7, 11) is 0. The molecule has 20 heavy (non-hydrogen) atoms.